The van der Waals surface area contributed by atoms with Crippen molar-refractivity contribution in [3.05, 3.63) is 0 Å². The van der Waals surface area contributed by atoms with Crippen molar-refractivity contribution in [3.8, 4) is 0 Å². The molecular formula is C9H16N2O2. The van der Waals surface area contributed by atoms with Gasteiger partial charge in [0.25, 0.3) is 0 Å². The molecule has 74 valence electrons. The molecule has 0 aliphatic carbocycles. The summed E-state index contributed by atoms with van der Waals surface area (Å²) in [6.45, 7) is 6.54. The molecule has 1 saturated heterocycles. The van der Waals surface area contributed by atoms with Gasteiger partial charge in [0.2, 0.25) is 11.8 Å². The van der Waals surface area contributed by atoms with Crippen LogP contribution in [0.3, 0.4) is 0 Å². The van der Waals surface area contributed by atoms with E-state index in [-0.39, 0.29) is 11.8 Å². The third-order valence-electron chi connectivity index (χ3n) is 2.45. The highest BCUT2D eigenvalue weighted by Crippen LogP contribution is 2.18. The van der Waals surface area contributed by atoms with Gasteiger partial charge in [-0.3, -0.25) is 9.59 Å². The molecule has 0 spiro atoms. The van der Waals surface area contributed by atoms with Crippen LogP contribution < -0.4 is 5.32 Å². The van der Waals surface area contributed by atoms with Crippen LogP contribution in [0, 0.1) is 0 Å². The average molecular weight is 184 g/mol. The molecule has 0 bridgehead atoms. The molecule has 1 heterocycles. The van der Waals surface area contributed by atoms with E-state index in [2.05, 4.69) is 5.32 Å². The van der Waals surface area contributed by atoms with Crippen LogP contribution in [0.25, 0.3) is 0 Å². The fourth-order valence-corrected chi connectivity index (χ4v) is 1.53. The normalized spacial score (nSPS) is 21.2. The molecule has 0 atom stereocenters. The maximum absolute atomic E-state index is 11.5. The fourth-order valence-electron chi connectivity index (χ4n) is 1.53. The third kappa shape index (κ3) is 1.66. The lowest BCUT2D eigenvalue weighted by molar-refractivity contribution is -0.148. The van der Waals surface area contributed by atoms with E-state index in [1.807, 2.05) is 6.92 Å². The van der Waals surface area contributed by atoms with E-state index in [0.29, 0.717) is 19.5 Å². The maximum Gasteiger partial charge on any atom is 0.245 e. The number of nitrogens with zero attached hydrogens (tertiary/aromatic N) is 1. The van der Waals surface area contributed by atoms with Crippen LogP contribution in [0.5, 0.6) is 0 Å². The lowest BCUT2D eigenvalue weighted by atomic mass is 9.98. The van der Waals surface area contributed by atoms with Crippen LogP contribution in [0.2, 0.25) is 0 Å². The van der Waals surface area contributed by atoms with Gasteiger partial charge < -0.3 is 10.2 Å². The number of rotatable bonds is 1. The minimum Gasteiger partial charge on any atom is -0.352 e. The van der Waals surface area contributed by atoms with Gasteiger partial charge in [-0.05, 0) is 13.8 Å². The number of carbonyl (C=O) groups excluding carboxylic acids is 2. The fraction of sp³-hybridized carbons (Fsp3) is 0.778. The van der Waals surface area contributed by atoms with E-state index in [1.165, 1.54) is 0 Å². The van der Waals surface area contributed by atoms with E-state index in [0.717, 1.165) is 0 Å². The minimum atomic E-state index is -0.689. The number of nitrogens with one attached hydrogen (secondary N) is 1. The Morgan fingerprint density at radius 3 is 2.77 bits per heavy atom. The van der Waals surface area contributed by atoms with E-state index in [4.69, 9.17) is 0 Å². The molecule has 0 aromatic heterocycles. The Kier molecular flexibility index (Phi) is 2.59. The highest BCUT2D eigenvalue weighted by atomic mass is 16.2. The summed E-state index contributed by atoms with van der Waals surface area (Å²) >= 11 is 0. The number of carbonyl (C=O) groups is 2. The predicted molar refractivity (Wildman–Crippen MR) is 49.1 cm³/mol. The molecule has 1 aliphatic heterocycles. The molecule has 1 rings (SSSR count). The van der Waals surface area contributed by atoms with Crippen LogP contribution in [-0.4, -0.2) is 35.3 Å². The van der Waals surface area contributed by atoms with Crippen molar-refractivity contribution >= 4 is 11.8 Å². The molecule has 0 aromatic carbocycles. The standard InChI is InChI=1S/C9H16N2O2/c1-4-7(12)11-6-5-10-8(13)9(11,2)3/h4-6H2,1-3H3,(H,10,13). The highest BCUT2D eigenvalue weighted by molar-refractivity contribution is 5.91. The van der Waals surface area contributed by atoms with Gasteiger partial charge in [-0.15, -0.1) is 0 Å². The second-order valence-electron chi connectivity index (χ2n) is 3.71. The van der Waals surface area contributed by atoms with Crippen LogP contribution in [0.1, 0.15) is 27.2 Å². The molecule has 1 fully saturated rings. The first-order valence-electron chi connectivity index (χ1n) is 4.59. The van der Waals surface area contributed by atoms with Crippen molar-refractivity contribution in [2.75, 3.05) is 13.1 Å². The molecule has 0 saturated carbocycles. The first-order chi connectivity index (χ1) is 6.00. The van der Waals surface area contributed by atoms with E-state index < -0.39 is 5.54 Å². The summed E-state index contributed by atoms with van der Waals surface area (Å²) in [6.07, 6.45) is 0.455. The SMILES string of the molecule is CCC(=O)N1CCNC(=O)C1(C)C. The van der Waals surface area contributed by atoms with Crippen molar-refractivity contribution in [2.45, 2.75) is 32.7 Å². The van der Waals surface area contributed by atoms with Gasteiger partial charge in [-0.25, -0.2) is 0 Å². The Morgan fingerprint density at radius 1 is 1.62 bits per heavy atom. The summed E-state index contributed by atoms with van der Waals surface area (Å²) in [7, 11) is 0. The zero-order valence-electron chi connectivity index (χ0n) is 8.39. The molecule has 0 unspecified atom stereocenters. The Bertz CT molecular complexity index is 236. The minimum absolute atomic E-state index is 0.0415. The molecule has 2 amide bonds. The summed E-state index contributed by atoms with van der Waals surface area (Å²) < 4.78 is 0. The van der Waals surface area contributed by atoms with E-state index >= 15 is 0 Å². The van der Waals surface area contributed by atoms with Crippen molar-refractivity contribution in [2.24, 2.45) is 0 Å². The number of piperazine rings is 1. The van der Waals surface area contributed by atoms with Crippen LogP contribution in [0.4, 0.5) is 0 Å². The van der Waals surface area contributed by atoms with Gasteiger partial charge in [0.15, 0.2) is 0 Å². The zero-order valence-corrected chi connectivity index (χ0v) is 8.39. The quantitative estimate of drug-likeness (QED) is 0.630. The second kappa shape index (κ2) is 3.36. The van der Waals surface area contributed by atoms with Crippen LogP contribution in [0.15, 0.2) is 0 Å². The van der Waals surface area contributed by atoms with Gasteiger partial charge in [0, 0.05) is 19.5 Å². The van der Waals surface area contributed by atoms with Gasteiger partial charge in [0.05, 0.1) is 0 Å². The van der Waals surface area contributed by atoms with Gasteiger partial charge in [-0.2, -0.15) is 0 Å². The summed E-state index contributed by atoms with van der Waals surface area (Å²) in [4.78, 5) is 24.6. The van der Waals surface area contributed by atoms with Crippen molar-refractivity contribution in [1.82, 2.24) is 10.2 Å². The summed E-state index contributed by atoms with van der Waals surface area (Å²) in [5.41, 5.74) is -0.689. The van der Waals surface area contributed by atoms with Gasteiger partial charge in [0.1, 0.15) is 5.54 Å². The Morgan fingerprint density at radius 2 is 2.23 bits per heavy atom. The lowest BCUT2D eigenvalue weighted by Crippen LogP contribution is -2.63. The smallest absolute Gasteiger partial charge is 0.245 e. The van der Waals surface area contributed by atoms with Gasteiger partial charge >= 0.3 is 0 Å². The average Bonchev–Trinajstić information content (AvgIpc) is 2.08. The van der Waals surface area contributed by atoms with Gasteiger partial charge in [-0.1, -0.05) is 6.92 Å². The molecule has 4 nitrogen and oxygen atoms in total. The molecular weight excluding hydrogens is 168 g/mol. The molecule has 0 aromatic rings. The second-order valence-corrected chi connectivity index (χ2v) is 3.71. The summed E-state index contributed by atoms with van der Waals surface area (Å²) in [5, 5.41) is 2.75. The lowest BCUT2D eigenvalue weighted by Gasteiger charge is -2.41. The molecule has 13 heavy (non-hydrogen) atoms. The van der Waals surface area contributed by atoms with Crippen LogP contribution >= 0.6 is 0 Å². The monoisotopic (exact) mass is 184 g/mol. The summed E-state index contributed by atoms with van der Waals surface area (Å²) in [6, 6.07) is 0. The molecule has 1 N–H and O–H groups in total. The Balaban J connectivity index is 2.83. The van der Waals surface area contributed by atoms with E-state index in [1.54, 1.807) is 18.7 Å². The van der Waals surface area contributed by atoms with Crippen molar-refractivity contribution in [3.63, 3.8) is 0 Å². The molecule has 1 aliphatic rings. The third-order valence-corrected chi connectivity index (χ3v) is 2.45. The number of amides is 2. The highest BCUT2D eigenvalue weighted by Gasteiger charge is 2.39. The molecule has 4 heteroatoms. The number of hydrogen-bond donors (Lipinski definition) is 1. The zero-order chi connectivity index (χ0) is 10.1. The summed E-state index contributed by atoms with van der Waals surface area (Å²) in [5.74, 6) is -0.0274. The Labute approximate surface area is 78.3 Å². The topological polar surface area (TPSA) is 49.4 Å². The molecule has 0 radical (unpaired) electrons. The largest absolute Gasteiger partial charge is 0.352 e. The van der Waals surface area contributed by atoms with E-state index in [9.17, 15) is 9.59 Å². The van der Waals surface area contributed by atoms with Crippen LogP contribution in [-0.2, 0) is 9.59 Å². The van der Waals surface area contributed by atoms with Crippen molar-refractivity contribution < 1.29 is 9.59 Å². The Hall–Kier alpha value is -1.06. The number of hydrogen-bond acceptors (Lipinski definition) is 2. The maximum atomic E-state index is 11.5. The first kappa shape index (κ1) is 10.0. The first-order valence-corrected chi connectivity index (χ1v) is 4.59. The van der Waals surface area contributed by atoms with Crippen molar-refractivity contribution in [1.29, 1.82) is 0 Å². The predicted octanol–water partition coefficient (Wildman–Crippen LogP) is 0.133.